The summed E-state index contributed by atoms with van der Waals surface area (Å²) in [4.78, 5) is 12.2. The first-order valence-electron chi connectivity index (χ1n) is 4.46. The van der Waals surface area contributed by atoms with E-state index in [1.165, 1.54) is 29.2 Å². The molecule has 74 valence electrons. The van der Waals surface area contributed by atoms with E-state index in [2.05, 4.69) is 0 Å². The Morgan fingerprint density at radius 3 is 2.36 bits per heavy atom. The molecule has 1 aliphatic rings. The number of rotatable bonds is 2. The maximum absolute atomic E-state index is 12.6. The summed E-state index contributed by atoms with van der Waals surface area (Å²) < 4.78 is 12.6. The van der Waals surface area contributed by atoms with Crippen LogP contribution in [0.4, 0.5) is 14.9 Å². The van der Waals surface area contributed by atoms with Gasteiger partial charge in [0.1, 0.15) is 5.82 Å². The highest BCUT2D eigenvalue weighted by Crippen LogP contribution is 2.31. The van der Waals surface area contributed by atoms with Crippen molar-refractivity contribution in [1.82, 2.24) is 0 Å². The van der Waals surface area contributed by atoms with E-state index >= 15 is 0 Å². The third kappa shape index (κ3) is 1.69. The molecule has 0 saturated heterocycles. The van der Waals surface area contributed by atoms with Crippen molar-refractivity contribution in [3.05, 3.63) is 30.1 Å². The smallest absolute Gasteiger partial charge is 0.412 e. The van der Waals surface area contributed by atoms with Gasteiger partial charge in [-0.15, -0.1) is 0 Å². The Balaban J connectivity index is 2.26. The third-order valence-electron chi connectivity index (χ3n) is 2.22. The Labute approximate surface area is 80.8 Å². The molecule has 14 heavy (non-hydrogen) atoms. The molecule has 1 aromatic rings. The van der Waals surface area contributed by atoms with Gasteiger partial charge in [-0.05, 0) is 37.1 Å². The van der Waals surface area contributed by atoms with Crippen LogP contribution in [0.2, 0.25) is 0 Å². The molecule has 0 unspecified atom stereocenters. The van der Waals surface area contributed by atoms with Crippen LogP contribution in [-0.2, 0) is 0 Å². The van der Waals surface area contributed by atoms with Crippen LogP contribution in [0.1, 0.15) is 12.8 Å². The second-order valence-electron chi connectivity index (χ2n) is 3.36. The van der Waals surface area contributed by atoms with Crippen LogP contribution in [0.25, 0.3) is 0 Å². The molecule has 3 nitrogen and oxygen atoms in total. The zero-order valence-corrected chi connectivity index (χ0v) is 7.48. The van der Waals surface area contributed by atoms with E-state index in [0.29, 0.717) is 5.69 Å². The van der Waals surface area contributed by atoms with Crippen molar-refractivity contribution < 1.29 is 14.3 Å². The number of benzene rings is 1. The number of halogens is 1. The molecule has 0 bridgehead atoms. The Morgan fingerprint density at radius 1 is 1.36 bits per heavy atom. The van der Waals surface area contributed by atoms with Gasteiger partial charge in [0.25, 0.3) is 0 Å². The first-order chi connectivity index (χ1) is 6.68. The number of carboxylic acid groups (broad SMARTS) is 1. The predicted molar refractivity (Wildman–Crippen MR) is 49.9 cm³/mol. The molecule has 0 aliphatic heterocycles. The Hall–Kier alpha value is -1.58. The molecule has 0 heterocycles. The second kappa shape index (κ2) is 3.29. The molecule has 1 saturated carbocycles. The molecule has 0 spiro atoms. The van der Waals surface area contributed by atoms with Crippen molar-refractivity contribution in [2.75, 3.05) is 4.90 Å². The summed E-state index contributed by atoms with van der Waals surface area (Å²) in [5.41, 5.74) is 0.543. The minimum Gasteiger partial charge on any atom is -0.465 e. The molecule has 2 rings (SSSR count). The lowest BCUT2D eigenvalue weighted by molar-refractivity contribution is 0.201. The Kier molecular flexibility index (Phi) is 2.11. The zero-order valence-electron chi connectivity index (χ0n) is 7.48. The van der Waals surface area contributed by atoms with Crippen molar-refractivity contribution in [1.29, 1.82) is 0 Å². The van der Waals surface area contributed by atoms with E-state index < -0.39 is 6.09 Å². The van der Waals surface area contributed by atoms with Gasteiger partial charge in [0.15, 0.2) is 0 Å². The molecular weight excluding hydrogens is 185 g/mol. The van der Waals surface area contributed by atoms with Crippen molar-refractivity contribution in [2.24, 2.45) is 0 Å². The molecule has 0 radical (unpaired) electrons. The van der Waals surface area contributed by atoms with Gasteiger partial charge in [-0.1, -0.05) is 0 Å². The predicted octanol–water partition coefficient (Wildman–Crippen LogP) is 2.47. The lowest BCUT2D eigenvalue weighted by Gasteiger charge is -2.18. The molecule has 0 atom stereocenters. The topological polar surface area (TPSA) is 40.5 Å². The molecule has 1 amide bonds. The van der Waals surface area contributed by atoms with E-state index in [9.17, 15) is 9.18 Å². The van der Waals surface area contributed by atoms with Crippen molar-refractivity contribution in [3.63, 3.8) is 0 Å². The average Bonchev–Trinajstić information content (AvgIpc) is 2.92. The van der Waals surface area contributed by atoms with Gasteiger partial charge in [0.2, 0.25) is 0 Å². The van der Waals surface area contributed by atoms with Crippen molar-refractivity contribution in [2.45, 2.75) is 18.9 Å². The van der Waals surface area contributed by atoms with Gasteiger partial charge in [0.05, 0.1) is 0 Å². The number of anilines is 1. The maximum atomic E-state index is 12.6. The quantitative estimate of drug-likeness (QED) is 0.787. The third-order valence-corrected chi connectivity index (χ3v) is 2.22. The maximum Gasteiger partial charge on any atom is 0.412 e. The summed E-state index contributed by atoms with van der Waals surface area (Å²) in [6.07, 6.45) is 0.812. The number of amides is 1. The molecule has 1 aliphatic carbocycles. The van der Waals surface area contributed by atoms with Gasteiger partial charge in [-0.2, -0.15) is 0 Å². The molecular formula is C10H10FNO2. The van der Waals surface area contributed by atoms with E-state index in [1.54, 1.807) is 0 Å². The largest absolute Gasteiger partial charge is 0.465 e. The van der Waals surface area contributed by atoms with E-state index in [4.69, 9.17) is 5.11 Å². The first-order valence-corrected chi connectivity index (χ1v) is 4.46. The lowest BCUT2D eigenvalue weighted by Crippen LogP contribution is -2.31. The average molecular weight is 195 g/mol. The van der Waals surface area contributed by atoms with Crippen molar-refractivity contribution >= 4 is 11.8 Å². The van der Waals surface area contributed by atoms with Crippen LogP contribution in [-0.4, -0.2) is 17.2 Å². The normalized spacial score (nSPS) is 15.2. The summed E-state index contributed by atoms with van der Waals surface area (Å²) in [5.74, 6) is -0.352. The van der Waals surface area contributed by atoms with Crippen LogP contribution in [0.15, 0.2) is 24.3 Å². The number of hydrogen-bond donors (Lipinski definition) is 1. The monoisotopic (exact) mass is 195 g/mol. The van der Waals surface area contributed by atoms with Gasteiger partial charge < -0.3 is 5.11 Å². The Bertz CT molecular complexity index is 346. The number of nitrogens with zero attached hydrogens (tertiary/aromatic N) is 1. The van der Waals surface area contributed by atoms with Crippen LogP contribution in [0.3, 0.4) is 0 Å². The standard InChI is InChI=1S/C10H10FNO2/c11-7-1-3-8(4-2-7)12(10(13)14)9-5-6-9/h1-4,9H,5-6H2,(H,13,14). The SMILES string of the molecule is O=C(O)N(c1ccc(F)cc1)C1CC1. The highest BCUT2D eigenvalue weighted by Gasteiger charge is 2.33. The first kappa shape index (κ1) is 8.99. The summed E-state index contributed by atoms with van der Waals surface area (Å²) in [7, 11) is 0. The molecule has 1 N–H and O–H groups in total. The van der Waals surface area contributed by atoms with Gasteiger partial charge >= 0.3 is 6.09 Å². The fourth-order valence-electron chi connectivity index (χ4n) is 1.41. The summed E-state index contributed by atoms with van der Waals surface area (Å²) in [6, 6.07) is 5.60. The van der Waals surface area contributed by atoms with Crippen LogP contribution >= 0.6 is 0 Å². The summed E-state index contributed by atoms with van der Waals surface area (Å²) in [6.45, 7) is 0. The van der Waals surface area contributed by atoms with E-state index in [1.807, 2.05) is 0 Å². The molecule has 4 heteroatoms. The lowest BCUT2D eigenvalue weighted by atomic mass is 10.3. The van der Waals surface area contributed by atoms with Crippen molar-refractivity contribution in [3.8, 4) is 0 Å². The van der Waals surface area contributed by atoms with E-state index in [0.717, 1.165) is 12.8 Å². The summed E-state index contributed by atoms with van der Waals surface area (Å²) in [5, 5.41) is 8.94. The Morgan fingerprint density at radius 2 is 1.93 bits per heavy atom. The molecule has 1 fully saturated rings. The zero-order chi connectivity index (χ0) is 10.1. The van der Waals surface area contributed by atoms with Gasteiger partial charge in [0, 0.05) is 11.7 Å². The van der Waals surface area contributed by atoms with Crippen LogP contribution < -0.4 is 4.90 Å². The molecule has 0 aromatic heterocycles. The fourth-order valence-corrected chi connectivity index (χ4v) is 1.41. The molecule has 1 aromatic carbocycles. The van der Waals surface area contributed by atoms with Crippen LogP contribution in [0, 0.1) is 5.82 Å². The van der Waals surface area contributed by atoms with Gasteiger partial charge in [-0.3, -0.25) is 4.90 Å². The number of hydrogen-bond acceptors (Lipinski definition) is 1. The fraction of sp³-hybridized carbons (Fsp3) is 0.300. The highest BCUT2D eigenvalue weighted by molar-refractivity contribution is 5.87. The highest BCUT2D eigenvalue weighted by atomic mass is 19.1. The number of carbonyl (C=O) groups is 1. The van der Waals surface area contributed by atoms with E-state index in [-0.39, 0.29) is 11.9 Å². The minimum atomic E-state index is -0.973. The van der Waals surface area contributed by atoms with Crippen LogP contribution in [0.5, 0.6) is 0 Å². The van der Waals surface area contributed by atoms with Gasteiger partial charge in [-0.25, -0.2) is 9.18 Å². The second-order valence-corrected chi connectivity index (χ2v) is 3.36. The minimum absolute atomic E-state index is 0.0814. The summed E-state index contributed by atoms with van der Waals surface area (Å²) >= 11 is 0.